The summed E-state index contributed by atoms with van der Waals surface area (Å²) in [5.41, 5.74) is 8.23. The van der Waals surface area contributed by atoms with Gasteiger partial charge in [0.25, 0.3) is 0 Å². The van der Waals surface area contributed by atoms with Crippen LogP contribution in [0.3, 0.4) is 0 Å². The van der Waals surface area contributed by atoms with Crippen LogP contribution < -0.4 is 11.1 Å². The molecule has 2 aromatic carbocycles. The first-order valence-corrected chi connectivity index (χ1v) is 8.49. The van der Waals surface area contributed by atoms with Crippen molar-refractivity contribution in [2.45, 2.75) is 6.92 Å². The van der Waals surface area contributed by atoms with Crippen LogP contribution in [-0.2, 0) is 0 Å². The highest BCUT2D eigenvalue weighted by atomic mass is 35.5. The molecular weight excluding hydrogens is 373 g/mol. The summed E-state index contributed by atoms with van der Waals surface area (Å²) in [5, 5.41) is 4.94. The van der Waals surface area contributed by atoms with Crippen molar-refractivity contribution in [1.29, 1.82) is 0 Å². The third kappa shape index (κ3) is 3.05. The molecule has 0 radical (unpaired) electrons. The number of hydrogen-bond acceptors (Lipinski definition) is 6. The smallest absolute Gasteiger partial charge is 0.232 e. The number of aromatic nitrogens is 3. The molecule has 8 heteroatoms. The molecule has 0 aliphatic heterocycles. The van der Waals surface area contributed by atoms with Gasteiger partial charge in [-0.1, -0.05) is 41.4 Å². The second-order valence-corrected chi connectivity index (χ2v) is 6.46. The Bertz CT molecular complexity index is 1130. The number of nitrogens with zero attached hydrogens (tertiary/aromatic N) is 3. The first kappa shape index (κ1) is 16.6. The molecule has 0 bridgehead atoms. The minimum absolute atomic E-state index is 0.0809. The Morgan fingerprint density at radius 2 is 1.81 bits per heavy atom. The average molecular weight is 386 g/mol. The van der Waals surface area contributed by atoms with Crippen molar-refractivity contribution >= 4 is 51.8 Å². The van der Waals surface area contributed by atoms with Gasteiger partial charge in [-0.3, -0.25) is 0 Å². The van der Waals surface area contributed by atoms with Gasteiger partial charge in [-0.15, -0.1) is 0 Å². The Labute approximate surface area is 159 Å². The number of nitrogens with two attached hydrogens (primary N) is 1. The van der Waals surface area contributed by atoms with E-state index in [1.807, 2.05) is 31.2 Å². The second-order valence-electron chi connectivity index (χ2n) is 5.65. The van der Waals surface area contributed by atoms with Gasteiger partial charge in [0.05, 0.1) is 10.0 Å². The third-order valence-corrected chi connectivity index (χ3v) is 4.61. The minimum atomic E-state index is 0.0809. The van der Waals surface area contributed by atoms with Gasteiger partial charge in [-0.2, -0.15) is 15.0 Å². The monoisotopic (exact) mass is 385 g/mol. The van der Waals surface area contributed by atoms with Crippen LogP contribution in [0, 0.1) is 6.92 Å². The van der Waals surface area contributed by atoms with Crippen LogP contribution in [0.25, 0.3) is 22.6 Å². The van der Waals surface area contributed by atoms with Gasteiger partial charge in [0, 0.05) is 16.6 Å². The maximum absolute atomic E-state index is 6.04. The summed E-state index contributed by atoms with van der Waals surface area (Å²) in [4.78, 5) is 12.7. The molecule has 0 saturated carbocycles. The quantitative estimate of drug-likeness (QED) is 0.501. The molecule has 130 valence electrons. The summed E-state index contributed by atoms with van der Waals surface area (Å²) < 4.78 is 5.91. The number of nitrogen functional groups attached to an aromatic ring is 1. The highest BCUT2D eigenvalue weighted by Crippen LogP contribution is 2.32. The fourth-order valence-electron chi connectivity index (χ4n) is 2.64. The van der Waals surface area contributed by atoms with Crippen molar-refractivity contribution in [3.05, 3.63) is 58.1 Å². The fraction of sp³-hybridized carbons (Fsp3) is 0.0556. The van der Waals surface area contributed by atoms with Crippen LogP contribution in [0.2, 0.25) is 10.0 Å². The van der Waals surface area contributed by atoms with Crippen molar-refractivity contribution in [2.24, 2.45) is 0 Å². The number of halogens is 2. The molecule has 2 heterocycles. The predicted octanol–water partition coefficient (Wildman–Crippen LogP) is 5.23. The summed E-state index contributed by atoms with van der Waals surface area (Å²) in [7, 11) is 0. The van der Waals surface area contributed by atoms with E-state index >= 15 is 0 Å². The number of anilines is 3. The van der Waals surface area contributed by atoms with Crippen molar-refractivity contribution in [3.63, 3.8) is 0 Å². The van der Waals surface area contributed by atoms with Gasteiger partial charge in [0.1, 0.15) is 5.58 Å². The average Bonchev–Trinajstić information content (AvgIpc) is 2.95. The Morgan fingerprint density at radius 1 is 1.00 bits per heavy atom. The van der Waals surface area contributed by atoms with Crippen molar-refractivity contribution < 1.29 is 4.42 Å². The van der Waals surface area contributed by atoms with E-state index in [9.17, 15) is 0 Å². The normalized spacial score (nSPS) is 11.0. The van der Waals surface area contributed by atoms with Crippen LogP contribution in [0.1, 0.15) is 5.56 Å². The largest absolute Gasteiger partial charge is 0.452 e. The second kappa shape index (κ2) is 6.48. The Morgan fingerprint density at radius 3 is 2.58 bits per heavy atom. The van der Waals surface area contributed by atoms with Gasteiger partial charge in [-0.25, -0.2) is 0 Å². The molecule has 0 aliphatic rings. The zero-order valence-corrected chi connectivity index (χ0v) is 15.1. The highest BCUT2D eigenvalue weighted by molar-refractivity contribution is 6.42. The molecule has 0 fully saturated rings. The number of benzene rings is 2. The van der Waals surface area contributed by atoms with Gasteiger partial charge in [-0.05, 0) is 31.2 Å². The SMILES string of the molecule is Cc1c(-c2nc(N)nc(Nc3ccc(Cl)c(Cl)c3)n2)oc2ccccc12. The topological polar surface area (TPSA) is 89.9 Å². The number of aryl methyl sites for hydroxylation is 1. The molecule has 4 rings (SSSR count). The van der Waals surface area contributed by atoms with E-state index in [-0.39, 0.29) is 11.9 Å². The molecule has 3 N–H and O–H groups in total. The molecule has 0 saturated heterocycles. The van der Waals surface area contributed by atoms with E-state index in [4.69, 9.17) is 33.4 Å². The maximum atomic E-state index is 6.04. The van der Waals surface area contributed by atoms with Crippen LogP contribution in [0.5, 0.6) is 0 Å². The molecule has 0 atom stereocenters. The van der Waals surface area contributed by atoms with E-state index in [1.54, 1.807) is 18.2 Å². The number of rotatable bonds is 3. The number of hydrogen-bond donors (Lipinski definition) is 2. The Hall–Kier alpha value is -2.83. The summed E-state index contributed by atoms with van der Waals surface area (Å²) in [6.45, 7) is 1.95. The van der Waals surface area contributed by atoms with Gasteiger partial charge >= 0.3 is 0 Å². The lowest BCUT2D eigenvalue weighted by atomic mass is 10.1. The van der Waals surface area contributed by atoms with Crippen LogP contribution in [0.15, 0.2) is 46.9 Å². The van der Waals surface area contributed by atoms with E-state index in [0.29, 0.717) is 27.3 Å². The summed E-state index contributed by atoms with van der Waals surface area (Å²) >= 11 is 12.0. The molecular formula is C18H13Cl2N5O. The van der Waals surface area contributed by atoms with E-state index in [0.717, 1.165) is 16.5 Å². The fourth-order valence-corrected chi connectivity index (χ4v) is 2.94. The zero-order chi connectivity index (χ0) is 18.3. The van der Waals surface area contributed by atoms with Gasteiger partial charge in [0.2, 0.25) is 17.7 Å². The first-order chi connectivity index (χ1) is 12.5. The number of fused-ring (bicyclic) bond motifs is 1. The molecule has 4 aromatic rings. The lowest BCUT2D eigenvalue weighted by Gasteiger charge is -2.07. The Kier molecular flexibility index (Phi) is 4.14. The number of nitrogens with one attached hydrogen (secondary N) is 1. The maximum Gasteiger partial charge on any atom is 0.232 e. The molecule has 0 spiro atoms. The molecule has 0 amide bonds. The van der Waals surface area contributed by atoms with Crippen molar-refractivity contribution in [3.8, 4) is 11.6 Å². The molecule has 0 unspecified atom stereocenters. The Balaban J connectivity index is 1.76. The lowest BCUT2D eigenvalue weighted by Crippen LogP contribution is -2.05. The van der Waals surface area contributed by atoms with Gasteiger partial charge < -0.3 is 15.5 Å². The summed E-state index contributed by atoms with van der Waals surface area (Å²) in [6.07, 6.45) is 0. The molecule has 6 nitrogen and oxygen atoms in total. The number of furan rings is 1. The van der Waals surface area contributed by atoms with Gasteiger partial charge in [0.15, 0.2) is 5.76 Å². The van der Waals surface area contributed by atoms with E-state index < -0.39 is 0 Å². The van der Waals surface area contributed by atoms with Crippen LogP contribution in [-0.4, -0.2) is 15.0 Å². The number of para-hydroxylation sites is 1. The highest BCUT2D eigenvalue weighted by Gasteiger charge is 2.16. The van der Waals surface area contributed by atoms with Crippen molar-refractivity contribution in [1.82, 2.24) is 15.0 Å². The third-order valence-electron chi connectivity index (χ3n) is 3.88. The molecule has 0 aliphatic carbocycles. The van der Waals surface area contributed by atoms with E-state index in [2.05, 4.69) is 20.3 Å². The summed E-state index contributed by atoms with van der Waals surface area (Å²) in [5.74, 6) is 1.27. The predicted molar refractivity (Wildman–Crippen MR) is 104 cm³/mol. The van der Waals surface area contributed by atoms with E-state index in [1.165, 1.54) is 0 Å². The first-order valence-electron chi connectivity index (χ1n) is 7.73. The lowest BCUT2D eigenvalue weighted by molar-refractivity contribution is 0.622. The molecule has 2 aromatic heterocycles. The summed E-state index contributed by atoms with van der Waals surface area (Å²) in [6, 6.07) is 12.9. The zero-order valence-electron chi connectivity index (χ0n) is 13.6. The van der Waals surface area contributed by atoms with Crippen LogP contribution in [0.4, 0.5) is 17.6 Å². The standard InChI is InChI=1S/C18H13Cl2N5O/c1-9-11-4-2-3-5-14(11)26-15(9)16-23-17(21)25-18(24-16)22-10-6-7-12(19)13(20)8-10/h2-8H,1H3,(H3,21,22,23,24,25). The van der Waals surface area contributed by atoms with Crippen LogP contribution >= 0.6 is 23.2 Å². The molecule has 26 heavy (non-hydrogen) atoms. The van der Waals surface area contributed by atoms with Crippen molar-refractivity contribution in [2.75, 3.05) is 11.1 Å². The minimum Gasteiger partial charge on any atom is -0.452 e.